The van der Waals surface area contributed by atoms with E-state index in [-0.39, 0.29) is 23.9 Å². The van der Waals surface area contributed by atoms with Crippen molar-refractivity contribution < 1.29 is 14.3 Å². The molecule has 2 rings (SSSR count). The first-order valence-electron chi connectivity index (χ1n) is 11.1. The molecule has 2 unspecified atom stereocenters. The maximum absolute atomic E-state index is 12.4. The summed E-state index contributed by atoms with van der Waals surface area (Å²) in [6, 6.07) is 8.30. The van der Waals surface area contributed by atoms with Crippen LogP contribution in [-0.2, 0) is 16.1 Å². The van der Waals surface area contributed by atoms with Crippen LogP contribution in [0.1, 0.15) is 52.0 Å². The van der Waals surface area contributed by atoms with E-state index in [1.807, 2.05) is 38.1 Å². The second kappa shape index (κ2) is 13.1. The lowest BCUT2D eigenvalue weighted by Gasteiger charge is -2.30. The molecule has 168 valence electrons. The molecule has 1 aliphatic carbocycles. The number of guanidine groups is 1. The number of nitrogens with one attached hydrogen (secondary N) is 3. The maximum atomic E-state index is 12.4. The molecule has 7 heteroatoms. The summed E-state index contributed by atoms with van der Waals surface area (Å²) in [7, 11) is 1.67. The number of hydrogen-bond acceptors (Lipinski definition) is 4. The van der Waals surface area contributed by atoms with E-state index in [4.69, 9.17) is 9.47 Å². The van der Waals surface area contributed by atoms with E-state index in [1.165, 1.54) is 0 Å². The molecule has 0 heterocycles. The molecule has 1 aliphatic rings. The van der Waals surface area contributed by atoms with E-state index in [9.17, 15) is 4.79 Å². The molecule has 0 radical (unpaired) electrons. The smallest absolute Gasteiger partial charge is 0.223 e. The average molecular weight is 419 g/mol. The fourth-order valence-corrected chi connectivity index (χ4v) is 3.70. The predicted octanol–water partition coefficient (Wildman–Crippen LogP) is 2.85. The summed E-state index contributed by atoms with van der Waals surface area (Å²) >= 11 is 0. The van der Waals surface area contributed by atoms with Crippen LogP contribution in [-0.4, -0.2) is 50.8 Å². The summed E-state index contributed by atoms with van der Waals surface area (Å²) in [5.74, 6) is 1.87. The van der Waals surface area contributed by atoms with Crippen LogP contribution in [0.25, 0.3) is 0 Å². The van der Waals surface area contributed by atoms with E-state index in [0.717, 1.165) is 49.5 Å². The van der Waals surface area contributed by atoms with Crippen molar-refractivity contribution in [3.8, 4) is 5.75 Å². The first kappa shape index (κ1) is 24.0. The molecule has 7 nitrogen and oxygen atoms in total. The SMILES string of the molecule is CCNC(=NCCOCc1ccccc1OC)NC1CCCC(C(=O)NC(C)C)C1. The summed E-state index contributed by atoms with van der Waals surface area (Å²) in [5, 5.41) is 9.84. The summed E-state index contributed by atoms with van der Waals surface area (Å²) < 4.78 is 11.1. The standard InChI is InChI=1S/C23H38N4O3/c1-5-24-23(25-13-14-30-16-19-9-6-7-12-21(19)29-4)27-20-11-8-10-18(15-20)22(28)26-17(2)3/h6-7,9,12,17-18,20H,5,8,10-11,13-16H2,1-4H3,(H,26,28)(H2,24,25,27). The number of methoxy groups -OCH3 is 1. The molecule has 0 bridgehead atoms. The van der Waals surface area contributed by atoms with E-state index < -0.39 is 0 Å². The molecule has 1 aromatic carbocycles. The van der Waals surface area contributed by atoms with Crippen LogP contribution in [0.4, 0.5) is 0 Å². The van der Waals surface area contributed by atoms with E-state index in [1.54, 1.807) is 7.11 Å². The number of rotatable bonds is 10. The minimum absolute atomic E-state index is 0.0747. The third kappa shape index (κ3) is 8.22. The number of carbonyl (C=O) groups excluding carboxylic acids is 1. The molecule has 2 atom stereocenters. The van der Waals surface area contributed by atoms with Crippen LogP contribution < -0.4 is 20.7 Å². The fourth-order valence-electron chi connectivity index (χ4n) is 3.70. The van der Waals surface area contributed by atoms with Gasteiger partial charge in [0.25, 0.3) is 0 Å². The van der Waals surface area contributed by atoms with Crippen molar-refractivity contribution >= 4 is 11.9 Å². The summed E-state index contributed by atoms with van der Waals surface area (Å²) in [6.07, 6.45) is 3.91. The van der Waals surface area contributed by atoms with Gasteiger partial charge in [-0.05, 0) is 46.1 Å². The molecule has 0 aromatic heterocycles. The zero-order chi connectivity index (χ0) is 21.8. The average Bonchev–Trinajstić information content (AvgIpc) is 2.73. The minimum atomic E-state index is 0.0747. The highest BCUT2D eigenvalue weighted by molar-refractivity contribution is 5.81. The minimum Gasteiger partial charge on any atom is -0.496 e. The Morgan fingerprint density at radius 2 is 2.07 bits per heavy atom. The number of benzene rings is 1. The summed E-state index contributed by atoms with van der Waals surface area (Å²) in [6.45, 7) is 8.43. The lowest BCUT2D eigenvalue weighted by atomic mass is 9.85. The third-order valence-electron chi connectivity index (χ3n) is 5.12. The first-order chi connectivity index (χ1) is 14.5. The van der Waals surface area contributed by atoms with Gasteiger partial charge in [-0.15, -0.1) is 0 Å². The van der Waals surface area contributed by atoms with Gasteiger partial charge in [0.1, 0.15) is 5.75 Å². The molecule has 0 saturated heterocycles. The quantitative estimate of drug-likeness (QED) is 0.309. The third-order valence-corrected chi connectivity index (χ3v) is 5.12. The van der Waals surface area contributed by atoms with Gasteiger partial charge >= 0.3 is 0 Å². The Labute approximate surface area is 181 Å². The largest absolute Gasteiger partial charge is 0.496 e. The summed E-state index contributed by atoms with van der Waals surface area (Å²) in [4.78, 5) is 17.0. The van der Waals surface area contributed by atoms with Crippen LogP contribution in [0.5, 0.6) is 5.75 Å². The van der Waals surface area contributed by atoms with Crippen LogP contribution in [0.2, 0.25) is 0 Å². The normalized spacial score (nSPS) is 19.4. The monoisotopic (exact) mass is 418 g/mol. The van der Waals surface area contributed by atoms with Crippen LogP contribution in [0.15, 0.2) is 29.3 Å². The topological polar surface area (TPSA) is 84.0 Å². The Morgan fingerprint density at radius 3 is 2.80 bits per heavy atom. The van der Waals surface area contributed by atoms with Gasteiger partial charge in [-0.1, -0.05) is 24.6 Å². The lowest BCUT2D eigenvalue weighted by molar-refractivity contribution is -0.126. The molecular weight excluding hydrogens is 380 g/mol. The van der Waals surface area contributed by atoms with Gasteiger partial charge in [-0.3, -0.25) is 9.79 Å². The van der Waals surface area contributed by atoms with Crippen molar-refractivity contribution in [2.45, 2.75) is 65.1 Å². The number of ether oxygens (including phenoxy) is 2. The predicted molar refractivity (Wildman–Crippen MR) is 121 cm³/mol. The number of carbonyl (C=O) groups is 1. The number of nitrogens with zero attached hydrogens (tertiary/aromatic N) is 1. The van der Waals surface area contributed by atoms with E-state index in [2.05, 4.69) is 27.9 Å². The summed E-state index contributed by atoms with van der Waals surface area (Å²) in [5.41, 5.74) is 1.03. The molecule has 0 spiro atoms. The highest BCUT2D eigenvalue weighted by Gasteiger charge is 2.27. The molecule has 3 N–H and O–H groups in total. The van der Waals surface area contributed by atoms with Gasteiger partial charge in [0.15, 0.2) is 5.96 Å². The highest BCUT2D eigenvalue weighted by atomic mass is 16.5. The van der Waals surface area contributed by atoms with Gasteiger partial charge in [0, 0.05) is 30.1 Å². The molecule has 1 aromatic rings. The molecule has 1 fully saturated rings. The Morgan fingerprint density at radius 1 is 1.27 bits per heavy atom. The van der Waals surface area contributed by atoms with Gasteiger partial charge in [-0.2, -0.15) is 0 Å². The van der Waals surface area contributed by atoms with Gasteiger partial charge in [0.2, 0.25) is 5.91 Å². The van der Waals surface area contributed by atoms with E-state index >= 15 is 0 Å². The Balaban J connectivity index is 1.80. The van der Waals surface area contributed by atoms with Gasteiger partial charge in [-0.25, -0.2) is 0 Å². The van der Waals surface area contributed by atoms with Crippen molar-refractivity contribution in [2.24, 2.45) is 10.9 Å². The Bertz CT molecular complexity index is 678. The number of amides is 1. The van der Waals surface area contributed by atoms with Crippen LogP contribution >= 0.6 is 0 Å². The lowest BCUT2D eigenvalue weighted by Crippen LogP contribution is -2.47. The fraction of sp³-hybridized carbons (Fsp3) is 0.652. The van der Waals surface area contributed by atoms with Crippen molar-refractivity contribution in [3.05, 3.63) is 29.8 Å². The van der Waals surface area contributed by atoms with Crippen molar-refractivity contribution in [1.29, 1.82) is 0 Å². The zero-order valence-electron chi connectivity index (χ0n) is 18.9. The van der Waals surface area contributed by atoms with Gasteiger partial charge in [0.05, 0.1) is 26.9 Å². The number of hydrogen-bond donors (Lipinski definition) is 3. The molecular formula is C23H38N4O3. The van der Waals surface area contributed by atoms with Crippen molar-refractivity contribution in [3.63, 3.8) is 0 Å². The van der Waals surface area contributed by atoms with Crippen LogP contribution in [0, 0.1) is 5.92 Å². The molecule has 1 saturated carbocycles. The zero-order valence-corrected chi connectivity index (χ0v) is 18.9. The van der Waals surface area contributed by atoms with Crippen molar-refractivity contribution in [1.82, 2.24) is 16.0 Å². The molecule has 0 aliphatic heterocycles. The van der Waals surface area contributed by atoms with Crippen molar-refractivity contribution in [2.75, 3.05) is 26.8 Å². The second-order valence-corrected chi connectivity index (χ2v) is 7.99. The first-order valence-corrected chi connectivity index (χ1v) is 11.1. The second-order valence-electron chi connectivity index (χ2n) is 7.99. The highest BCUT2D eigenvalue weighted by Crippen LogP contribution is 2.24. The van der Waals surface area contributed by atoms with Crippen LogP contribution in [0.3, 0.4) is 0 Å². The Kier molecular flexibility index (Phi) is 10.5. The Hall–Kier alpha value is -2.28. The molecule has 1 amide bonds. The number of para-hydroxylation sites is 1. The molecule has 30 heavy (non-hydrogen) atoms. The van der Waals surface area contributed by atoms with Gasteiger partial charge < -0.3 is 25.4 Å². The van der Waals surface area contributed by atoms with E-state index in [0.29, 0.717) is 19.8 Å². The number of aliphatic imine (C=N–C) groups is 1. The maximum Gasteiger partial charge on any atom is 0.223 e.